The molecule has 0 bridgehead atoms. The van der Waals surface area contributed by atoms with Gasteiger partial charge in [-0.15, -0.1) is 0 Å². The highest BCUT2D eigenvalue weighted by Gasteiger charge is 2.03. The van der Waals surface area contributed by atoms with Gasteiger partial charge >= 0.3 is 0 Å². The summed E-state index contributed by atoms with van der Waals surface area (Å²) in [7, 11) is 1.62. The summed E-state index contributed by atoms with van der Waals surface area (Å²) in [5.74, 6) is -0.0736. The van der Waals surface area contributed by atoms with Crippen molar-refractivity contribution in [1.82, 2.24) is 5.32 Å². The lowest BCUT2D eigenvalue weighted by Gasteiger charge is -2.04. The molecule has 0 saturated carbocycles. The van der Waals surface area contributed by atoms with E-state index < -0.39 is 0 Å². The molecule has 0 aliphatic rings. The molecular formula is C14H14N2OS. The molecule has 0 aromatic heterocycles. The molecule has 0 atom stereocenters. The molecule has 0 aliphatic carbocycles. The first-order chi connectivity index (χ1) is 8.69. The standard InChI is InChI=1S/C14H14N2OS/c1-16-14(17)10-5-7-12(8-6-10)18-13-4-2-3-11(15)9-13/h2-9H,15H2,1H3,(H,16,17). The summed E-state index contributed by atoms with van der Waals surface area (Å²) in [6.07, 6.45) is 0. The Balaban J connectivity index is 2.13. The van der Waals surface area contributed by atoms with Gasteiger partial charge < -0.3 is 11.1 Å². The predicted molar refractivity (Wildman–Crippen MR) is 74.8 cm³/mol. The molecular weight excluding hydrogens is 244 g/mol. The molecule has 2 aromatic carbocycles. The normalized spacial score (nSPS) is 10.1. The average molecular weight is 258 g/mol. The van der Waals surface area contributed by atoms with E-state index in [0.29, 0.717) is 5.56 Å². The Kier molecular flexibility index (Phi) is 3.89. The molecule has 0 radical (unpaired) electrons. The molecule has 0 spiro atoms. The number of hydrogen-bond donors (Lipinski definition) is 2. The van der Waals surface area contributed by atoms with Crippen molar-refractivity contribution in [3.63, 3.8) is 0 Å². The molecule has 18 heavy (non-hydrogen) atoms. The van der Waals surface area contributed by atoms with E-state index in [-0.39, 0.29) is 5.91 Å². The van der Waals surface area contributed by atoms with Crippen LogP contribution in [-0.4, -0.2) is 13.0 Å². The van der Waals surface area contributed by atoms with Crippen LogP contribution in [0.5, 0.6) is 0 Å². The van der Waals surface area contributed by atoms with Gasteiger partial charge in [-0.1, -0.05) is 17.8 Å². The second-order valence-electron chi connectivity index (χ2n) is 3.78. The van der Waals surface area contributed by atoms with Gasteiger partial charge in [-0.2, -0.15) is 0 Å². The summed E-state index contributed by atoms with van der Waals surface area (Å²) in [5, 5.41) is 2.60. The summed E-state index contributed by atoms with van der Waals surface area (Å²) in [5.41, 5.74) is 7.14. The van der Waals surface area contributed by atoms with Crippen LogP contribution < -0.4 is 11.1 Å². The maximum absolute atomic E-state index is 11.4. The Morgan fingerprint density at radius 2 is 1.83 bits per heavy atom. The van der Waals surface area contributed by atoms with Crippen LogP contribution in [0.4, 0.5) is 5.69 Å². The van der Waals surface area contributed by atoms with E-state index in [2.05, 4.69) is 5.32 Å². The van der Waals surface area contributed by atoms with E-state index in [1.165, 1.54) is 0 Å². The van der Waals surface area contributed by atoms with Gasteiger partial charge in [-0.05, 0) is 42.5 Å². The smallest absolute Gasteiger partial charge is 0.251 e. The third-order valence-electron chi connectivity index (χ3n) is 2.44. The average Bonchev–Trinajstić information content (AvgIpc) is 2.39. The zero-order valence-electron chi connectivity index (χ0n) is 10.0. The Morgan fingerprint density at radius 1 is 1.11 bits per heavy atom. The molecule has 2 rings (SSSR count). The molecule has 0 aliphatic heterocycles. The van der Waals surface area contributed by atoms with Gasteiger partial charge in [0, 0.05) is 28.1 Å². The largest absolute Gasteiger partial charge is 0.399 e. The van der Waals surface area contributed by atoms with E-state index >= 15 is 0 Å². The first-order valence-corrected chi connectivity index (χ1v) is 6.36. The van der Waals surface area contributed by atoms with Gasteiger partial charge in [-0.25, -0.2) is 0 Å². The molecule has 4 heteroatoms. The molecule has 3 N–H and O–H groups in total. The summed E-state index contributed by atoms with van der Waals surface area (Å²) >= 11 is 1.62. The minimum Gasteiger partial charge on any atom is -0.399 e. The number of hydrogen-bond acceptors (Lipinski definition) is 3. The quantitative estimate of drug-likeness (QED) is 0.832. The van der Waals surface area contributed by atoms with Crippen molar-refractivity contribution >= 4 is 23.4 Å². The fourth-order valence-corrected chi connectivity index (χ4v) is 2.42. The van der Waals surface area contributed by atoms with E-state index in [1.807, 2.05) is 48.5 Å². The lowest BCUT2D eigenvalue weighted by atomic mass is 10.2. The van der Waals surface area contributed by atoms with Crippen LogP contribution in [0.1, 0.15) is 10.4 Å². The maximum Gasteiger partial charge on any atom is 0.251 e. The lowest BCUT2D eigenvalue weighted by Crippen LogP contribution is -2.17. The van der Waals surface area contributed by atoms with E-state index in [0.717, 1.165) is 15.5 Å². The summed E-state index contributed by atoms with van der Waals surface area (Å²) in [6.45, 7) is 0. The number of anilines is 1. The third-order valence-corrected chi connectivity index (χ3v) is 3.43. The lowest BCUT2D eigenvalue weighted by molar-refractivity contribution is 0.0963. The second-order valence-corrected chi connectivity index (χ2v) is 4.92. The van der Waals surface area contributed by atoms with Gasteiger partial charge in [0.1, 0.15) is 0 Å². The van der Waals surface area contributed by atoms with Crippen molar-refractivity contribution in [2.45, 2.75) is 9.79 Å². The fourth-order valence-electron chi connectivity index (χ4n) is 1.53. The van der Waals surface area contributed by atoms with Crippen molar-refractivity contribution in [2.75, 3.05) is 12.8 Å². The number of nitrogen functional groups attached to an aromatic ring is 1. The first-order valence-electron chi connectivity index (χ1n) is 5.54. The highest BCUT2D eigenvalue weighted by molar-refractivity contribution is 7.99. The van der Waals surface area contributed by atoms with Gasteiger partial charge in [0.25, 0.3) is 5.91 Å². The number of rotatable bonds is 3. The fraction of sp³-hybridized carbons (Fsp3) is 0.0714. The number of benzene rings is 2. The number of carbonyl (C=O) groups is 1. The Hall–Kier alpha value is -1.94. The molecule has 0 heterocycles. The van der Waals surface area contributed by atoms with Crippen molar-refractivity contribution < 1.29 is 4.79 Å². The number of nitrogens with one attached hydrogen (secondary N) is 1. The number of amides is 1. The summed E-state index contributed by atoms with van der Waals surface area (Å²) < 4.78 is 0. The van der Waals surface area contributed by atoms with Crippen LogP contribution in [0, 0.1) is 0 Å². The first kappa shape index (κ1) is 12.5. The minimum atomic E-state index is -0.0736. The van der Waals surface area contributed by atoms with Gasteiger partial charge in [0.05, 0.1) is 0 Å². The molecule has 0 unspecified atom stereocenters. The monoisotopic (exact) mass is 258 g/mol. The maximum atomic E-state index is 11.4. The summed E-state index contributed by atoms with van der Waals surface area (Å²) in [6, 6.07) is 15.2. The topological polar surface area (TPSA) is 55.1 Å². The number of nitrogens with two attached hydrogens (primary N) is 1. The third kappa shape index (κ3) is 3.05. The minimum absolute atomic E-state index is 0.0736. The highest BCUT2D eigenvalue weighted by atomic mass is 32.2. The van der Waals surface area contributed by atoms with Gasteiger partial charge in [0.2, 0.25) is 0 Å². The zero-order chi connectivity index (χ0) is 13.0. The van der Waals surface area contributed by atoms with Crippen molar-refractivity contribution in [3.05, 3.63) is 54.1 Å². The predicted octanol–water partition coefficient (Wildman–Crippen LogP) is 2.78. The van der Waals surface area contributed by atoms with E-state index in [9.17, 15) is 4.79 Å². The van der Waals surface area contributed by atoms with E-state index in [4.69, 9.17) is 5.73 Å². The van der Waals surface area contributed by atoms with Crippen molar-refractivity contribution in [3.8, 4) is 0 Å². The van der Waals surface area contributed by atoms with Crippen LogP contribution in [-0.2, 0) is 0 Å². The molecule has 0 fully saturated rings. The molecule has 1 amide bonds. The van der Waals surface area contributed by atoms with Crippen molar-refractivity contribution in [1.29, 1.82) is 0 Å². The van der Waals surface area contributed by atoms with E-state index in [1.54, 1.807) is 18.8 Å². The SMILES string of the molecule is CNC(=O)c1ccc(Sc2cccc(N)c2)cc1. The van der Waals surface area contributed by atoms with Gasteiger partial charge in [0.15, 0.2) is 0 Å². The highest BCUT2D eigenvalue weighted by Crippen LogP contribution is 2.28. The molecule has 92 valence electrons. The number of carbonyl (C=O) groups excluding carboxylic acids is 1. The Bertz CT molecular complexity index is 552. The van der Waals surface area contributed by atoms with Crippen LogP contribution in [0.2, 0.25) is 0 Å². The summed E-state index contributed by atoms with van der Waals surface area (Å²) in [4.78, 5) is 13.6. The Morgan fingerprint density at radius 3 is 2.44 bits per heavy atom. The molecule has 3 nitrogen and oxygen atoms in total. The zero-order valence-corrected chi connectivity index (χ0v) is 10.8. The molecule has 2 aromatic rings. The second kappa shape index (κ2) is 5.60. The molecule has 0 saturated heterocycles. The van der Waals surface area contributed by atoms with Gasteiger partial charge in [-0.3, -0.25) is 4.79 Å². The van der Waals surface area contributed by atoms with Crippen LogP contribution >= 0.6 is 11.8 Å². The Labute approximate surface area is 110 Å². The van der Waals surface area contributed by atoms with Crippen LogP contribution in [0.25, 0.3) is 0 Å². The van der Waals surface area contributed by atoms with Crippen LogP contribution in [0.15, 0.2) is 58.3 Å². The van der Waals surface area contributed by atoms with Crippen molar-refractivity contribution in [2.24, 2.45) is 0 Å². The van der Waals surface area contributed by atoms with Crippen LogP contribution in [0.3, 0.4) is 0 Å².